The Morgan fingerprint density at radius 2 is 1.82 bits per heavy atom. The van der Waals surface area contributed by atoms with Gasteiger partial charge in [-0.05, 0) is 69.2 Å². The highest BCUT2D eigenvalue weighted by molar-refractivity contribution is 7.23. The number of esters is 1. The summed E-state index contributed by atoms with van der Waals surface area (Å²) in [6.45, 7) is 5.95. The molecule has 2 aromatic heterocycles. The molecule has 0 spiro atoms. The van der Waals surface area contributed by atoms with Crippen molar-refractivity contribution in [2.75, 3.05) is 26.3 Å². The van der Waals surface area contributed by atoms with Crippen molar-refractivity contribution in [3.05, 3.63) is 54.2 Å². The molecule has 34 heavy (non-hydrogen) atoms. The van der Waals surface area contributed by atoms with E-state index < -0.39 is 0 Å². The maximum absolute atomic E-state index is 13.1. The van der Waals surface area contributed by atoms with E-state index >= 15 is 0 Å². The zero-order valence-electron chi connectivity index (χ0n) is 19.3. The molecule has 0 unspecified atom stereocenters. The van der Waals surface area contributed by atoms with E-state index in [1.54, 1.807) is 11.3 Å². The van der Waals surface area contributed by atoms with Gasteiger partial charge in [-0.2, -0.15) is 0 Å². The third-order valence-corrected chi connectivity index (χ3v) is 7.22. The molecule has 2 aromatic carbocycles. The highest BCUT2D eigenvalue weighted by atomic mass is 32.1. The first-order valence-electron chi connectivity index (χ1n) is 11.7. The topological polar surface area (TPSA) is 73.1 Å². The van der Waals surface area contributed by atoms with Gasteiger partial charge < -0.3 is 14.4 Å². The van der Waals surface area contributed by atoms with Crippen LogP contribution < -0.4 is 4.74 Å². The number of ether oxygens (including phenoxy) is 2. The summed E-state index contributed by atoms with van der Waals surface area (Å²) in [5.41, 5.74) is 3.63. The molecular weight excluding hydrogens is 450 g/mol. The van der Waals surface area contributed by atoms with Crippen molar-refractivity contribution in [3.63, 3.8) is 0 Å². The Hall–Kier alpha value is -3.39. The van der Waals surface area contributed by atoms with E-state index in [-0.39, 0.29) is 17.8 Å². The summed E-state index contributed by atoms with van der Waals surface area (Å²) < 4.78 is 13.7. The van der Waals surface area contributed by atoms with Gasteiger partial charge in [0.05, 0.1) is 35.0 Å². The smallest absolute Gasteiger partial charge is 0.309 e. The highest BCUT2D eigenvalue weighted by Gasteiger charge is 2.28. The zero-order valence-corrected chi connectivity index (χ0v) is 20.1. The largest absolute Gasteiger partial charge is 0.494 e. The number of carbonyl (C=O) groups is 2. The molecule has 0 N–H and O–H groups in total. The van der Waals surface area contributed by atoms with Crippen molar-refractivity contribution in [1.29, 1.82) is 0 Å². The van der Waals surface area contributed by atoms with E-state index in [2.05, 4.69) is 4.40 Å². The molecule has 1 fully saturated rings. The Bertz CT molecular complexity index is 1330. The Labute approximate surface area is 201 Å². The minimum atomic E-state index is -0.150. The number of piperidine rings is 1. The summed E-state index contributed by atoms with van der Waals surface area (Å²) >= 11 is 1.57. The van der Waals surface area contributed by atoms with Gasteiger partial charge in [0, 0.05) is 30.4 Å². The van der Waals surface area contributed by atoms with Crippen molar-refractivity contribution in [1.82, 2.24) is 14.3 Å². The van der Waals surface area contributed by atoms with Gasteiger partial charge in [0.15, 0.2) is 4.96 Å². The molecule has 1 saturated heterocycles. The molecule has 3 heterocycles. The minimum absolute atomic E-state index is 0.00493. The van der Waals surface area contributed by atoms with Crippen molar-refractivity contribution in [2.45, 2.75) is 26.7 Å². The summed E-state index contributed by atoms with van der Waals surface area (Å²) in [5.74, 6) is 0.592. The molecule has 0 aliphatic carbocycles. The highest BCUT2D eigenvalue weighted by Crippen LogP contribution is 2.31. The fourth-order valence-electron chi connectivity index (χ4n) is 4.42. The lowest BCUT2D eigenvalue weighted by molar-refractivity contribution is -0.149. The van der Waals surface area contributed by atoms with Gasteiger partial charge in [0.2, 0.25) is 0 Å². The van der Waals surface area contributed by atoms with Crippen LogP contribution in [0.4, 0.5) is 0 Å². The van der Waals surface area contributed by atoms with Crippen molar-refractivity contribution < 1.29 is 19.1 Å². The fourth-order valence-corrected chi connectivity index (χ4v) is 5.47. The summed E-state index contributed by atoms with van der Waals surface area (Å²) in [6.07, 6.45) is 3.33. The Balaban J connectivity index is 1.33. The average molecular weight is 478 g/mol. The first-order chi connectivity index (χ1) is 16.6. The summed E-state index contributed by atoms with van der Waals surface area (Å²) in [5, 5.41) is 0. The quantitative estimate of drug-likeness (QED) is 0.364. The van der Waals surface area contributed by atoms with Gasteiger partial charge in [0.25, 0.3) is 5.91 Å². The predicted molar refractivity (Wildman–Crippen MR) is 132 cm³/mol. The third kappa shape index (κ3) is 4.25. The Morgan fingerprint density at radius 1 is 1.06 bits per heavy atom. The molecule has 7 nitrogen and oxygen atoms in total. The number of nitrogens with zero attached hydrogens (tertiary/aromatic N) is 3. The predicted octanol–water partition coefficient (Wildman–Crippen LogP) is 5.03. The number of thiazole rings is 1. The van der Waals surface area contributed by atoms with Gasteiger partial charge in [-0.15, -0.1) is 0 Å². The van der Waals surface area contributed by atoms with Crippen molar-refractivity contribution >= 4 is 38.4 Å². The number of carbonyl (C=O) groups excluding carboxylic acids is 2. The first kappa shape index (κ1) is 22.4. The SMILES string of the molecule is CCOC(=O)C1CCN(C(=O)c2ccc3c(c2)sc2nc(-c4ccc(OCC)cc4)cn23)CC1. The van der Waals surface area contributed by atoms with Crippen LogP contribution in [0, 0.1) is 5.92 Å². The number of amides is 1. The maximum atomic E-state index is 13.1. The lowest BCUT2D eigenvalue weighted by atomic mass is 9.96. The number of rotatable bonds is 6. The fraction of sp³-hybridized carbons (Fsp3) is 0.346. The van der Waals surface area contributed by atoms with Crippen LogP contribution >= 0.6 is 11.3 Å². The van der Waals surface area contributed by atoms with Crippen LogP contribution in [0.15, 0.2) is 48.7 Å². The van der Waals surface area contributed by atoms with Crippen LogP contribution in [0.3, 0.4) is 0 Å². The first-order valence-corrected chi connectivity index (χ1v) is 12.5. The number of hydrogen-bond donors (Lipinski definition) is 0. The van der Waals surface area contributed by atoms with Crippen LogP contribution in [0.25, 0.3) is 26.4 Å². The second kappa shape index (κ2) is 9.46. The summed E-state index contributed by atoms with van der Waals surface area (Å²) in [4.78, 5) is 32.6. The lowest BCUT2D eigenvalue weighted by Gasteiger charge is -2.31. The minimum Gasteiger partial charge on any atom is -0.494 e. The van der Waals surface area contributed by atoms with E-state index in [9.17, 15) is 9.59 Å². The van der Waals surface area contributed by atoms with Gasteiger partial charge in [-0.3, -0.25) is 14.0 Å². The van der Waals surface area contributed by atoms with Crippen LogP contribution in [0.5, 0.6) is 5.75 Å². The number of benzene rings is 2. The van der Waals surface area contributed by atoms with E-state index in [4.69, 9.17) is 14.5 Å². The standard InChI is InChI=1S/C26H27N3O4S/c1-3-32-20-8-5-17(6-9-20)21-16-29-22-10-7-19(15-23(22)34-26(29)27-21)24(30)28-13-11-18(12-14-28)25(31)33-4-2/h5-10,15-16,18H,3-4,11-14H2,1-2H3. The van der Waals surface area contributed by atoms with E-state index in [1.165, 1.54) is 0 Å². The van der Waals surface area contributed by atoms with Crippen LogP contribution in [-0.2, 0) is 9.53 Å². The molecule has 1 aliphatic heterocycles. The molecule has 1 amide bonds. The monoisotopic (exact) mass is 477 g/mol. The summed E-state index contributed by atoms with van der Waals surface area (Å²) in [6, 6.07) is 13.8. The number of likely N-dealkylation sites (tertiary alicyclic amines) is 1. The van der Waals surface area contributed by atoms with E-state index in [0.29, 0.717) is 44.7 Å². The number of imidazole rings is 1. The summed E-state index contributed by atoms with van der Waals surface area (Å²) in [7, 11) is 0. The molecule has 0 atom stereocenters. The van der Waals surface area contributed by atoms with E-state index in [1.807, 2.05) is 67.4 Å². The molecule has 0 bridgehead atoms. The molecule has 5 rings (SSSR count). The maximum Gasteiger partial charge on any atom is 0.309 e. The molecule has 1 aliphatic rings. The van der Waals surface area contributed by atoms with Gasteiger partial charge in [0.1, 0.15) is 5.75 Å². The second-order valence-corrected chi connectivity index (χ2v) is 9.35. The van der Waals surface area contributed by atoms with Crippen molar-refractivity contribution in [2.24, 2.45) is 5.92 Å². The molecule has 0 radical (unpaired) electrons. The van der Waals surface area contributed by atoms with Gasteiger partial charge in [-0.1, -0.05) is 11.3 Å². The average Bonchev–Trinajstić information content (AvgIpc) is 3.42. The number of fused-ring (bicyclic) bond motifs is 3. The van der Waals surface area contributed by atoms with Crippen molar-refractivity contribution in [3.8, 4) is 17.0 Å². The molecule has 176 valence electrons. The Morgan fingerprint density at radius 3 is 2.53 bits per heavy atom. The molecule has 0 saturated carbocycles. The van der Waals surface area contributed by atoms with Crippen LogP contribution in [0.2, 0.25) is 0 Å². The number of hydrogen-bond acceptors (Lipinski definition) is 6. The molecule has 8 heteroatoms. The van der Waals surface area contributed by atoms with Crippen LogP contribution in [-0.4, -0.2) is 52.5 Å². The third-order valence-electron chi connectivity index (χ3n) is 6.20. The van der Waals surface area contributed by atoms with Gasteiger partial charge >= 0.3 is 5.97 Å². The zero-order chi connectivity index (χ0) is 23.7. The normalized spacial score (nSPS) is 14.6. The lowest BCUT2D eigenvalue weighted by Crippen LogP contribution is -2.40. The van der Waals surface area contributed by atoms with Gasteiger partial charge in [-0.25, -0.2) is 4.98 Å². The molecule has 4 aromatic rings. The Kier molecular flexibility index (Phi) is 6.24. The van der Waals surface area contributed by atoms with E-state index in [0.717, 1.165) is 32.2 Å². The van der Waals surface area contributed by atoms with Crippen LogP contribution in [0.1, 0.15) is 37.0 Å². The second-order valence-electron chi connectivity index (χ2n) is 8.34. The number of aromatic nitrogens is 2. The molecular formula is C26H27N3O4S.